The van der Waals surface area contributed by atoms with Crippen LogP contribution in [0, 0.1) is 0 Å². The van der Waals surface area contributed by atoms with Crippen LogP contribution in [0.3, 0.4) is 0 Å². The van der Waals surface area contributed by atoms with Crippen LogP contribution in [0.4, 0.5) is 5.69 Å². The van der Waals surface area contributed by atoms with Crippen molar-refractivity contribution in [2.75, 3.05) is 38.1 Å². The molecule has 1 aromatic carbocycles. The molecule has 0 bridgehead atoms. The van der Waals surface area contributed by atoms with Gasteiger partial charge in [-0.15, -0.1) is 0 Å². The third-order valence-corrected chi connectivity index (χ3v) is 3.97. The second-order valence-electron chi connectivity index (χ2n) is 5.06. The van der Waals surface area contributed by atoms with Gasteiger partial charge < -0.3 is 9.80 Å². The Bertz CT molecular complexity index is 378. The number of benzene rings is 1. The van der Waals surface area contributed by atoms with Gasteiger partial charge >= 0.3 is 0 Å². The first-order valence-corrected chi connectivity index (χ1v) is 6.39. The highest BCUT2D eigenvalue weighted by Gasteiger charge is 2.20. The Hall–Kier alpha value is -1.02. The van der Waals surface area contributed by atoms with Crippen molar-refractivity contribution in [2.24, 2.45) is 0 Å². The number of hydrogen-bond acceptors (Lipinski definition) is 2. The Kier molecular flexibility index (Phi) is 2.60. The largest absolute Gasteiger partial charge is 0.369 e. The van der Waals surface area contributed by atoms with Gasteiger partial charge in [-0.2, -0.15) is 0 Å². The zero-order valence-electron chi connectivity index (χ0n) is 10.1. The zero-order valence-corrected chi connectivity index (χ0v) is 10.1. The number of nitrogens with zero attached hydrogens (tertiary/aromatic N) is 2. The molecule has 2 heteroatoms. The van der Waals surface area contributed by atoms with Gasteiger partial charge in [-0.1, -0.05) is 12.1 Å². The minimum atomic E-state index is 1.19. The van der Waals surface area contributed by atoms with Crippen LogP contribution in [0.1, 0.15) is 17.5 Å². The summed E-state index contributed by atoms with van der Waals surface area (Å²) in [5, 5.41) is 0. The Balaban J connectivity index is 1.87. The van der Waals surface area contributed by atoms with Crippen LogP contribution in [-0.4, -0.2) is 38.1 Å². The monoisotopic (exact) mass is 216 g/mol. The van der Waals surface area contributed by atoms with Crippen molar-refractivity contribution in [3.63, 3.8) is 0 Å². The smallest absolute Gasteiger partial charge is 0.0402 e. The normalized spacial score (nSPS) is 21.2. The first-order valence-electron chi connectivity index (χ1n) is 6.39. The van der Waals surface area contributed by atoms with Gasteiger partial charge in [-0.25, -0.2) is 0 Å². The fourth-order valence-electron chi connectivity index (χ4n) is 2.94. The first kappa shape index (κ1) is 10.2. The average molecular weight is 216 g/mol. The summed E-state index contributed by atoms with van der Waals surface area (Å²) in [4.78, 5) is 4.99. The van der Waals surface area contributed by atoms with Crippen LogP contribution >= 0.6 is 0 Å². The van der Waals surface area contributed by atoms with Gasteiger partial charge in [0, 0.05) is 31.9 Å². The van der Waals surface area contributed by atoms with E-state index in [1.54, 1.807) is 11.1 Å². The predicted octanol–water partition coefficient (Wildman–Crippen LogP) is 1.93. The van der Waals surface area contributed by atoms with E-state index in [9.17, 15) is 0 Å². The van der Waals surface area contributed by atoms with Crippen molar-refractivity contribution < 1.29 is 0 Å². The van der Waals surface area contributed by atoms with E-state index in [2.05, 4.69) is 35.0 Å². The minimum Gasteiger partial charge on any atom is -0.369 e. The van der Waals surface area contributed by atoms with E-state index in [1.807, 2.05) is 0 Å². The van der Waals surface area contributed by atoms with Crippen LogP contribution in [0.5, 0.6) is 0 Å². The van der Waals surface area contributed by atoms with Crippen molar-refractivity contribution in [1.82, 2.24) is 4.90 Å². The zero-order chi connectivity index (χ0) is 11.0. The molecule has 0 radical (unpaired) electrons. The van der Waals surface area contributed by atoms with Gasteiger partial charge in [0.25, 0.3) is 0 Å². The van der Waals surface area contributed by atoms with Gasteiger partial charge in [-0.05, 0) is 43.5 Å². The molecule has 86 valence electrons. The molecule has 0 N–H and O–H groups in total. The Morgan fingerprint density at radius 3 is 2.62 bits per heavy atom. The molecule has 1 aromatic rings. The highest BCUT2D eigenvalue weighted by molar-refractivity contribution is 5.58. The summed E-state index contributed by atoms with van der Waals surface area (Å²) in [5.41, 5.74) is 4.74. The quantitative estimate of drug-likeness (QED) is 0.708. The van der Waals surface area contributed by atoms with Crippen molar-refractivity contribution in [3.8, 4) is 0 Å². The van der Waals surface area contributed by atoms with Gasteiger partial charge in [0.1, 0.15) is 0 Å². The second-order valence-corrected chi connectivity index (χ2v) is 5.06. The molecule has 1 saturated heterocycles. The molecule has 1 aliphatic carbocycles. The maximum Gasteiger partial charge on any atom is 0.0402 e. The number of likely N-dealkylation sites (N-methyl/N-ethyl adjacent to an activating group) is 1. The Morgan fingerprint density at radius 2 is 1.81 bits per heavy atom. The topological polar surface area (TPSA) is 6.48 Å². The maximum absolute atomic E-state index is 2.57. The Labute approximate surface area is 97.9 Å². The minimum absolute atomic E-state index is 1.19. The summed E-state index contributed by atoms with van der Waals surface area (Å²) < 4.78 is 0. The van der Waals surface area contributed by atoms with E-state index in [0.29, 0.717) is 0 Å². The van der Waals surface area contributed by atoms with Crippen LogP contribution in [0.15, 0.2) is 18.2 Å². The molecule has 3 rings (SSSR count). The molecule has 0 atom stereocenters. The van der Waals surface area contributed by atoms with Crippen LogP contribution in [0.2, 0.25) is 0 Å². The van der Waals surface area contributed by atoms with Crippen LogP contribution < -0.4 is 4.90 Å². The van der Waals surface area contributed by atoms with Crippen molar-refractivity contribution >= 4 is 5.69 Å². The molecular formula is C14H20N2. The lowest BCUT2D eigenvalue weighted by molar-refractivity contribution is 0.312. The summed E-state index contributed by atoms with van der Waals surface area (Å²) in [5.74, 6) is 0. The van der Waals surface area contributed by atoms with E-state index in [1.165, 1.54) is 51.1 Å². The standard InChI is InChI=1S/C14H20N2/c1-15-8-10-16(11-9-15)14-7-3-5-12-4-2-6-13(12)14/h3,5,7H,2,4,6,8-11H2,1H3. The van der Waals surface area contributed by atoms with Crippen molar-refractivity contribution in [1.29, 1.82) is 0 Å². The molecule has 1 heterocycles. The van der Waals surface area contributed by atoms with Crippen molar-refractivity contribution in [2.45, 2.75) is 19.3 Å². The number of piperazine rings is 1. The summed E-state index contributed by atoms with van der Waals surface area (Å²) in [6, 6.07) is 6.86. The average Bonchev–Trinajstić information content (AvgIpc) is 2.78. The molecule has 0 amide bonds. The SMILES string of the molecule is CN1CCN(c2cccc3c2CCC3)CC1. The number of anilines is 1. The van der Waals surface area contributed by atoms with Gasteiger partial charge in [0.05, 0.1) is 0 Å². The lowest BCUT2D eigenvalue weighted by Gasteiger charge is -2.35. The fraction of sp³-hybridized carbons (Fsp3) is 0.571. The highest BCUT2D eigenvalue weighted by atomic mass is 15.2. The molecule has 2 nitrogen and oxygen atoms in total. The number of fused-ring (bicyclic) bond motifs is 1. The fourth-order valence-corrected chi connectivity index (χ4v) is 2.94. The molecule has 1 aliphatic heterocycles. The number of hydrogen-bond donors (Lipinski definition) is 0. The molecule has 16 heavy (non-hydrogen) atoms. The first-order chi connectivity index (χ1) is 7.84. The van der Waals surface area contributed by atoms with Crippen LogP contribution in [0.25, 0.3) is 0 Å². The summed E-state index contributed by atoms with van der Waals surface area (Å²) in [7, 11) is 2.22. The molecule has 0 aromatic heterocycles. The molecule has 2 aliphatic rings. The molecule has 0 unspecified atom stereocenters. The van der Waals surface area contributed by atoms with E-state index in [4.69, 9.17) is 0 Å². The summed E-state index contributed by atoms with van der Waals surface area (Å²) in [6.07, 6.45) is 3.93. The van der Waals surface area contributed by atoms with E-state index < -0.39 is 0 Å². The highest BCUT2D eigenvalue weighted by Crippen LogP contribution is 2.31. The lowest BCUT2D eigenvalue weighted by Crippen LogP contribution is -2.44. The Morgan fingerprint density at radius 1 is 1.00 bits per heavy atom. The van der Waals surface area contributed by atoms with Crippen LogP contribution in [-0.2, 0) is 12.8 Å². The molecule has 0 saturated carbocycles. The predicted molar refractivity (Wildman–Crippen MR) is 68.2 cm³/mol. The number of rotatable bonds is 1. The third kappa shape index (κ3) is 1.71. The van der Waals surface area contributed by atoms with E-state index in [-0.39, 0.29) is 0 Å². The molecule has 0 spiro atoms. The molecule has 1 fully saturated rings. The van der Waals surface area contributed by atoms with Gasteiger partial charge in [0.15, 0.2) is 0 Å². The van der Waals surface area contributed by atoms with Crippen molar-refractivity contribution in [3.05, 3.63) is 29.3 Å². The number of aryl methyl sites for hydroxylation is 1. The van der Waals surface area contributed by atoms with E-state index >= 15 is 0 Å². The molecular weight excluding hydrogens is 196 g/mol. The van der Waals surface area contributed by atoms with Gasteiger partial charge in [0.2, 0.25) is 0 Å². The second kappa shape index (κ2) is 4.10. The lowest BCUT2D eigenvalue weighted by atomic mass is 10.1. The summed E-state index contributed by atoms with van der Waals surface area (Å²) in [6.45, 7) is 4.77. The maximum atomic E-state index is 2.57. The van der Waals surface area contributed by atoms with E-state index in [0.717, 1.165) is 0 Å². The third-order valence-electron chi connectivity index (χ3n) is 3.97. The summed E-state index contributed by atoms with van der Waals surface area (Å²) >= 11 is 0. The van der Waals surface area contributed by atoms with Gasteiger partial charge in [-0.3, -0.25) is 0 Å².